The molecule has 1 saturated heterocycles. The monoisotopic (exact) mass is 495 g/mol. The maximum absolute atomic E-state index is 13.8. The molecule has 3 aromatic rings. The molecule has 1 heterocycles. The van der Waals surface area contributed by atoms with Crippen molar-refractivity contribution in [3.05, 3.63) is 112 Å². The van der Waals surface area contributed by atoms with Crippen LogP contribution in [0, 0.1) is 37.5 Å². The fraction of sp³-hybridized carbons (Fsp3) is 0.226. The summed E-state index contributed by atoms with van der Waals surface area (Å²) in [7, 11) is 1.53. The fourth-order valence-corrected chi connectivity index (χ4v) is 6.28. The number of hydrogen-bond acceptors (Lipinski definition) is 3. The van der Waals surface area contributed by atoms with E-state index in [2.05, 4.69) is 74.5 Å². The molecule has 0 unspecified atom stereocenters. The van der Waals surface area contributed by atoms with E-state index in [9.17, 15) is 9.59 Å². The van der Waals surface area contributed by atoms with Crippen molar-refractivity contribution < 1.29 is 14.3 Å². The number of nitrogens with zero attached hydrogens (tertiary/aromatic N) is 1. The lowest BCUT2D eigenvalue weighted by Gasteiger charge is -2.23. The predicted octanol–water partition coefficient (Wildman–Crippen LogP) is 6.39. The van der Waals surface area contributed by atoms with Gasteiger partial charge in [-0.25, -0.2) is 4.90 Å². The first kappa shape index (κ1) is 22.8. The zero-order valence-corrected chi connectivity index (χ0v) is 21.1. The van der Waals surface area contributed by atoms with Crippen LogP contribution in [0.2, 0.25) is 5.02 Å². The van der Waals surface area contributed by atoms with Gasteiger partial charge in [0.2, 0.25) is 11.8 Å². The number of carbonyl (C=O) groups excluding carboxylic acids is 2. The van der Waals surface area contributed by atoms with Crippen molar-refractivity contribution in [3.8, 4) is 5.75 Å². The van der Waals surface area contributed by atoms with Gasteiger partial charge in [0.05, 0.1) is 24.6 Å². The Bertz CT molecular complexity index is 1370. The summed E-state index contributed by atoms with van der Waals surface area (Å²) in [6.45, 7) is 4.15. The minimum absolute atomic E-state index is 0.135. The summed E-state index contributed by atoms with van der Waals surface area (Å²) in [5, 5.41) is 0.450. The van der Waals surface area contributed by atoms with Crippen LogP contribution in [-0.4, -0.2) is 18.9 Å². The lowest BCUT2D eigenvalue weighted by atomic mass is 9.85. The Labute approximate surface area is 215 Å². The highest BCUT2D eigenvalue weighted by molar-refractivity contribution is 6.31. The van der Waals surface area contributed by atoms with Crippen LogP contribution in [0.15, 0.2) is 84.5 Å². The van der Waals surface area contributed by atoms with Crippen LogP contribution < -0.4 is 9.64 Å². The topological polar surface area (TPSA) is 46.6 Å². The van der Waals surface area contributed by atoms with Gasteiger partial charge >= 0.3 is 0 Å². The second-order valence-electron chi connectivity index (χ2n) is 9.88. The maximum atomic E-state index is 13.8. The molecule has 0 radical (unpaired) electrons. The second-order valence-corrected chi connectivity index (χ2v) is 10.3. The van der Waals surface area contributed by atoms with E-state index in [0.717, 1.165) is 22.3 Å². The first-order valence-electron chi connectivity index (χ1n) is 12.2. The van der Waals surface area contributed by atoms with E-state index in [0.29, 0.717) is 16.5 Å². The quantitative estimate of drug-likeness (QED) is 0.311. The number of amides is 2. The smallest absolute Gasteiger partial charge is 0.238 e. The van der Waals surface area contributed by atoms with E-state index in [4.69, 9.17) is 16.3 Å². The number of anilines is 1. The summed E-state index contributed by atoms with van der Waals surface area (Å²) in [4.78, 5) is 29.0. The molecule has 3 aliphatic rings. The van der Waals surface area contributed by atoms with Crippen LogP contribution in [0.5, 0.6) is 5.75 Å². The molecule has 0 aromatic heterocycles. The zero-order chi connectivity index (χ0) is 25.1. The van der Waals surface area contributed by atoms with Gasteiger partial charge in [0.15, 0.2) is 0 Å². The van der Waals surface area contributed by atoms with Crippen molar-refractivity contribution >= 4 is 34.7 Å². The van der Waals surface area contributed by atoms with Gasteiger partial charge in [0.1, 0.15) is 5.75 Å². The number of fused-ring (bicyclic) bond motifs is 5. The number of methoxy groups -OCH3 is 1. The Balaban J connectivity index is 1.49. The molecule has 2 bridgehead atoms. The number of allylic oxidation sites excluding steroid dienone is 3. The van der Waals surface area contributed by atoms with Crippen LogP contribution in [0.25, 0.3) is 5.57 Å². The first-order valence-corrected chi connectivity index (χ1v) is 12.5. The van der Waals surface area contributed by atoms with Gasteiger partial charge in [-0.2, -0.15) is 0 Å². The number of rotatable bonds is 4. The molecule has 1 saturated carbocycles. The highest BCUT2D eigenvalue weighted by atomic mass is 35.5. The Kier molecular flexibility index (Phi) is 5.38. The van der Waals surface area contributed by atoms with Crippen molar-refractivity contribution in [2.45, 2.75) is 13.8 Å². The van der Waals surface area contributed by atoms with Crippen LogP contribution in [-0.2, 0) is 9.59 Å². The predicted molar refractivity (Wildman–Crippen MR) is 142 cm³/mol. The molecule has 0 N–H and O–H groups in total. The summed E-state index contributed by atoms with van der Waals surface area (Å²) in [6.07, 6.45) is 4.24. The van der Waals surface area contributed by atoms with Gasteiger partial charge in [-0.1, -0.05) is 83.4 Å². The molecule has 6 rings (SSSR count). The van der Waals surface area contributed by atoms with Crippen molar-refractivity contribution in [3.63, 3.8) is 0 Å². The van der Waals surface area contributed by atoms with Crippen molar-refractivity contribution in [1.82, 2.24) is 0 Å². The molecule has 2 amide bonds. The fourth-order valence-electron chi connectivity index (χ4n) is 6.11. The van der Waals surface area contributed by atoms with E-state index in [1.54, 1.807) is 18.2 Å². The Hall–Kier alpha value is -3.63. The zero-order valence-electron chi connectivity index (χ0n) is 20.4. The summed E-state index contributed by atoms with van der Waals surface area (Å²) in [5.41, 5.74) is 7.28. The van der Waals surface area contributed by atoms with Gasteiger partial charge in [0, 0.05) is 16.9 Å². The summed E-state index contributed by atoms with van der Waals surface area (Å²) < 4.78 is 5.47. The molecule has 3 aromatic carbocycles. The Morgan fingerprint density at radius 2 is 1.28 bits per heavy atom. The van der Waals surface area contributed by atoms with Crippen molar-refractivity contribution in [2.24, 2.45) is 23.7 Å². The summed E-state index contributed by atoms with van der Waals surface area (Å²) in [5.74, 6) is -1.06. The SMILES string of the molecule is COc1ccc(Cl)cc1N1C(=O)[C@@H]2[C@@H](C1=O)[C@H]1C=C[C@H]2C1=C(c1ccc(C)cc1)c1ccc(C)cc1. The molecule has 5 heteroatoms. The molecule has 4 nitrogen and oxygen atoms in total. The maximum Gasteiger partial charge on any atom is 0.238 e. The van der Waals surface area contributed by atoms with Gasteiger partial charge in [0.25, 0.3) is 0 Å². The highest BCUT2D eigenvalue weighted by Gasteiger charge is 2.62. The number of ether oxygens (including phenoxy) is 1. The van der Waals surface area contributed by atoms with E-state index in [1.165, 1.54) is 23.1 Å². The lowest BCUT2D eigenvalue weighted by Crippen LogP contribution is -2.33. The van der Waals surface area contributed by atoms with Crippen LogP contribution in [0.4, 0.5) is 5.69 Å². The number of carbonyl (C=O) groups is 2. The molecule has 1 aliphatic heterocycles. The molecule has 4 atom stereocenters. The molecular weight excluding hydrogens is 470 g/mol. The Morgan fingerprint density at radius 1 is 0.778 bits per heavy atom. The molecule has 36 heavy (non-hydrogen) atoms. The van der Waals surface area contributed by atoms with Gasteiger partial charge in [-0.3, -0.25) is 9.59 Å². The number of hydrogen-bond donors (Lipinski definition) is 0. The molecule has 0 spiro atoms. The van der Waals surface area contributed by atoms with Crippen molar-refractivity contribution in [1.29, 1.82) is 0 Å². The van der Waals surface area contributed by atoms with E-state index in [-0.39, 0.29) is 23.7 Å². The number of imide groups is 1. The van der Waals surface area contributed by atoms with Crippen molar-refractivity contribution in [2.75, 3.05) is 12.0 Å². The second kappa shape index (κ2) is 8.49. The molecule has 2 fully saturated rings. The standard InChI is InChI=1S/C31H26ClNO3/c1-17-4-8-19(9-5-17)26(20-10-6-18(2)7-11-20)27-22-13-14-23(27)29-28(22)30(34)33(31(29)35)24-16-21(32)12-15-25(24)36-3/h4-16,22-23,28-29H,1-3H3/t22-,23-,28-,29-/m0/s1. The average Bonchev–Trinajstić information content (AvgIpc) is 3.50. The van der Waals surface area contributed by atoms with E-state index >= 15 is 0 Å². The molecular formula is C31H26ClNO3. The highest BCUT2D eigenvalue weighted by Crippen LogP contribution is 2.59. The van der Waals surface area contributed by atoms with Gasteiger partial charge < -0.3 is 4.74 Å². The number of benzene rings is 3. The number of aryl methyl sites for hydroxylation is 2. The van der Waals surface area contributed by atoms with Gasteiger partial charge in [-0.15, -0.1) is 0 Å². The van der Waals surface area contributed by atoms with Gasteiger partial charge in [-0.05, 0) is 54.3 Å². The van der Waals surface area contributed by atoms with Crippen LogP contribution in [0.3, 0.4) is 0 Å². The van der Waals surface area contributed by atoms with E-state index < -0.39 is 11.8 Å². The molecule has 2 aliphatic carbocycles. The van der Waals surface area contributed by atoms with E-state index in [1.807, 2.05) is 0 Å². The number of halogens is 1. The first-order chi connectivity index (χ1) is 17.4. The normalized spacial score (nSPS) is 24.0. The van der Waals surface area contributed by atoms with Crippen LogP contribution >= 0.6 is 11.6 Å². The minimum Gasteiger partial charge on any atom is -0.495 e. The summed E-state index contributed by atoms with van der Waals surface area (Å²) >= 11 is 6.24. The third kappa shape index (κ3) is 3.35. The third-order valence-electron chi connectivity index (χ3n) is 7.77. The molecule has 180 valence electrons. The third-order valence-corrected chi connectivity index (χ3v) is 8.00. The minimum atomic E-state index is -0.433. The lowest BCUT2D eigenvalue weighted by molar-refractivity contribution is -0.123. The largest absolute Gasteiger partial charge is 0.495 e. The summed E-state index contributed by atoms with van der Waals surface area (Å²) in [6, 6.07) is 22.0. The average molecular weight is 496 g/mol. The van der Waals surface area contributed by atoms with Crippen LogP contribution in [0.1, 0.15) is 22.3 Å². The Morgan fingerprint density at radius 3 is 1.75 bits per heavy atom.